The number of ether oxygens (including phenoxy) is 1. The SMILES string of the molecule is CC(C)n1ccnc(Oc2ccc(C(=O)O)cc2Cl)c1=O. The molecule has 0 aliphatic rings. The third-order valence-corrected chi connectivity index (χ3v) is 3.07. The number of rotatable bonds is 4. The second kappa shape index (κ2) is 5.97. The Morgan fingerprint density at radius 2 is 2.14 bits per heavy atom. The highest BCUT2D eigenvalue weighted by atomic mass is 35.5. The number of benzene rings is 1. The van der Waals surface area contributed by atoms with Crippen LogP contribution in [0.2, 0.25) is 5.02 Å². The predicted molar refractivity (Wildman–Crippen MR) is 77.4 cm³/mol. The fourth-order valence-corrected chi connectivity index (χ4v) is 1.92. The molecular formula is C14H13ClN2O4. The lowest BCUT2D eigenvalue weighted by Gasteiger charge is -2.11. The second-order valence-electron chi connectivity index (χ2n) is 4.59. The molecule has 1 heterocycles. The number of hydrogen-bond donors (Lipinski definition) is 1. The van der Waals surface area contributed by atoms with E-state index in [0.29, 0.717) is 0 Å². The minimum absolute atomic E-state index is 0.0345. The van der Waals surface area contributed by atoms with Gasteiger partial charge in [0.05, 0.1) is 10.6 Å². The quantitative estimate of drug-likeness (QED) is 0.939. The van der Waals surface area contributed by atoms with E-state index < -0.39 is 5.97 Å². The molecular weight excluding hydrogens is 296 g/mol. The summed E-state index contributed by atoms with van der Waals surface area (Å²) in [5, 5.41) is 8.96. The van der Waals surface area contributed by atoms with Crippen LogP contribution >= 0.6 is 11.6 Å². The first-order valence-corrected chi connectivity index (χ1v) is 6.55. The maximum Gasteiger partial charge on any atom is 0.335 e. The Kier molecular flexibility index (Phi) is 4.28. The Labute approximate surface area is 125 Å². The Hall–Kier alpha value is -2.34. The molecule has 0 bridgehead atoms. The summed E-state index contributed by atoms with van der Waals surface area (Å²) in [6, 6.07) is 3.95. The van der Waals surface area contributed by atoms with Crippen molar-refractivity contribution in [3.8, 4) is 11.6 Å². The smallest absolute Gasteiger partial charge is 0.335 e. The fraction of sp³-hybridized carbons (Fsp3) is 0.214. The van der Waals surface area contributed by atoms with Gasteiger partial charge in [-0.15, -0.1) is 0 Å². The predicted octanol–water partition coefficient (Wildman–Crippen LogP) is 2.97. The number of carbonyl (C=O) groups is 1. The molecule has 2 rings (SSSR count). The number of halogens is 1. The van der Waals surface area contributed by atoms with E-state index in [1.807, 2.05) is 13.8 Å². The van der Waals surface area contributed by atoms with E-state index in [0.717, 1.165) is 0 Å². The van der Waals surface area contributed by atoms with E-state index in [-0.39, 0.29) is 33.8 Å². The molecule has 1 N–H and O–H groups in total. The number of carboxylic acids is 1. The summed E-state index contributed by atoms with van der Waals surface area (Å²) in [6.07, 6.45) is 3.02. The highest BCUT2D eigenvalue weighted by Crippen LogP contribution is 2.28. The van der Waals surface area contributed by atoms with Crippen molar-refractivity contribution in [3.63, 3.8) is 0 Å². The van der Waals surface area contributed by atoms with Gasteiger partial charge in [0.15, 0.2) is 0 Å². The van der Waals surface area contributed by atoms with Gasteiger partial charge in [-0.05, 0) is 32.0 Å². The zero-order valence-corrected chi connectivity index (χ0v) is 12.2. The van der Waals surface area contributed by atoms with Gasteiger partial charge in [0.25, 0.3) is 5.88 Å². The maximum atomic E-state index is 12.1. The van der Waals surface area contributed by atoms with Crippen molar-refractivity contribution in [2.75, 3.05) is 0 Å². The molecule has 7 heteroatoms. The van der Waals surface area contributed by atoms with Crippen LogP contribution in [0.25, 0.3) is 0 Å². The van der Waals surface area contributed by atoms with Crippen LogP contribution < -0.4 is 10.3 Å². The molecule has 0 saturated carbocycles. The largest absolute Gasteiger partial charge is 0.478 e. The van der Waals surface area contributed by atoms with Crippen molar-refractivity contribution in [1.29, 1.82) is 0 Å². The van der Waals surface area contributed by atoms with Gasteiger partial charge >= 0.3 is 11.5 Å². The van der Waals surface area contributed by atoms with E-state index in [9.17, 15) is 9.59 Å². The van der Waals surface area contributed by atoms with E-state index >= 15 is 0 Å². The summed E-state index contributed by atoms with van der Waals surface area (Å²) in [6.45, 7) is 3.72. The van der Waals surface area contributed by atoms with Gasteiger partial charge < -0.3 is 14.4 Å². The fourth-order valence-electron chi connectivity index (χ4n) is 1.70. The number of aromatic nitrogens is 2. The van der Waals surface area contributed by atoms with E-state index in [1.54, 1.807) is 6.20 Å². The van der Waals surface area contributed by atoms with E-state index in [4.69, 9.17) is 21.4 Å². The number of carboxylic acid groups (broad SMARTS) is 1. The number of hydrogen-bond acceptors (Lipinski definition) is 4. The lowest BCUT2D eigenvalue weighted by Crippen LogP contribution is -2.23. The van der Waals surface area contributed by atoms with Crippen LogP contribution in [0.5, 0.6) is 11.6 Å². The van der Waals surface area contributed by atoms with Gasteiger partial charge in [0.2, 0.25) is 0 Å². The molecule has 21 heavy (non-hydrogen) atoms. The molecule has 0 aliphatic carbocycles. The summed E-state index contributed by atoms with van der Waals surface area (Å²) < 4.78 is 6.87. The topological polar surface area (TPSA) is 81.4 Å². The Morgan fingerprint density at radius 1 is 1.43 bits per heavy atom. The molecule has 0 fully saturated rings. The van der Waals surface area contributed by atoms with Crippen molar-refractivity contribution in [3.05, 3.63) is 51.5 Å². The minimum atomic E-state index is -1.09. The Bertz CT molecular complexity index is 740. The highest BCUT2D eigenvalue weighted by Gasteiger charge is 2.13. The number of nitrogens with zero attached hydrogens (tertiary/aromatic N) is 2. The molecule has 0 unspecified atom stereocenters. The molecule has 0 atom stereocenters. The Morgan fingerprint density at radius 3 is 2.71 bits per heavy atom. The summed E-state index contributed by atoms with van der Waals surface area (Å²) in [5.41, 5.74) is -0.348. The first-order chi connectivity index (χ1) is 9.90. The van der Waals surface area contributed by atoms with Crippen molar-refractivity contribution in [2.45, 2.75) is 19.9 Å². The molecule has 0 saturated heterocycles. The van der Waals surface area contributed by atoms with Crippen LogP contribution in [0.3, 0.4) is 0 Å². The summed E-state index contributed by atoms with van der Waals surface area (Å²) in [4.78, 5) is 26.9. The zero-order chi connectivity index (χ0) is 15.6. The van der Waals surface area contributed by atoms with Gasteiger partial charge in [-0.25, -0.2) is 9.78 Å². The van der Waals surface area contributed by atoms with E-state index in [2.05, 4.69) is 4.98 Å². The van der Waals surface area contributed by atoms with Gasteiger partial charge in [-0.3, -0.25) is 4.79 Å². The third kappa shape index (κ3) is 3.22. The lowest BCUT2D eigenvalue weighted by molar-refractivity contribution is 0.0697. The first-order valence-electron chi connectivity index (χ1n) is 6.18. The molecule has 0 aliphatic heterocycles. The normalized spacial score (nSPS) is 10.7. The van der Waals surface area contributed by atoms with Crippen LogP contribution in [-0.2, 0) is 0 Å². The monoisotopic (exact) mass is 308 g/mol. The molecule has 6 nitrogen and oxygen atoms in total. The van der Waals surface area contributed by atoms with Gasteiger partial charge in [-0.2, -0.15) is 0 Å². The van der Waals surface area contributed by atoms with Crippen LogP contribution in [0.4, 0.5) is 0 Å². The second-order valence-corrected chi connectivity index (χ2v) is 5.00. The average molecular weight is 309 g/mol. The van der Waals surface area contributed by atoms with Crippen molar-refractivity contribution in [1.82, 2.24) is 9.55 Å². The molecule has 1 aromatic heterocycles. The molecule has 0 radical (unpaired) electrons. The summed E-state index contributed by atoms with van der Waals surface area (Å²) in [5.74, 6) is -1.03. The maximum absolute atomic E-state index is 12.1. The van der Waals surface area contributed by atoms with Gasteiger partial charge in [-0.1, -0.05) is 11.6 Å². The molecule has 1 aromatic carbocycles. The molecule has 0 amide bonds. The molecule has 2 aromatic rings. The third-order valence-electron chi connectivity index (χ3n) is 2.78. The first kappa shape index (κ1) is 15.1. The summed E-state index contributed by atoms with van der Waals surface area (Å²) >= 11 is 5.95. The van der Waals surface area contributed by atoms with Crippen LogP contribution in [0.15, 0.2) is 35.4 Å². The number of aromatic carboxylic acids is 1. The standard InChI is InChI=1S/C14H13ClN2O4/c1-8(2)17-6-5-16-12(13(17)18)21-11-4-3-9(14(19)20)7-10(11)15/h3-8H,1-2H3,(H,19,20). The molecule has 0 spiro atoms. The van der Waals surface area contributed by atoms with Crippen molar-refractivity contribution >= 4 is 17.6 Å². The van der Waals surface area contributed by atoms with Crippen molar-refractivity contribution in [2.24, 2.45) is 0 Å². The lowest BCUT2D eigenvalue weighted by atomic mass is 10.2. The highest BCUT2D eigenvalue weighted by molar-refractivity contribution is 6.32. The summed E-state index contributed by atoms with van der Waals surface area (Å²) in [7, 11) is 0. The zero-order valence-electron chi connectivity index (χ0n) is 11.4. The van der Waals surface area contributed by atoms with Crippen LogP contribution in [0, 0.1) is 0 Å². The molecule has 110 valence electrons. The van der Waals surface area contributed by atoms with E-state index in [1.165, 1.54) is 29.0 Å². The Balaban J connectivity index is 2.37. The average Bonchev–Trinajstić information content (AvgIpc) is 2.42. The van der Waals surface area contributed by atoms with Crippen molar-refractivity contribution < 1.29 is 14.6 Å². The van der Waals surface area contributed by atoms with Gasteiger partial charge in [0, 0.05) is 18.4 Å². The van der Waals surface area contributed by atoms with Gasteiger partial charge in [0.1, 0.15) is 5.75 Å². The van der Waals surface area contributed by atoms with Crippen LogP contribution in [0.1, 0.15) is 30.2 Å². The van der Waals surface area contributed by atoms with Crippen LogP contribution in [-0.4, -0.2) is 20.6 Å². The minimum Gasteiger partial charge on any atom is -0.478 e.